The Morgan fingerprint density at radius 3 is 2.50 bits per heavy atom. The van der Waals surface area contributed by atoms with Crippen LogP contribution in [0.1, 0.15) is 5.56 Å². The Bertz CT molecular complexity index is 359. The van der Waals surface area contributed by atoms with E-state index in [1.165, 1.54) is 5.69 Å². The summed E-state index contributed by atoms with van der Waals surface area (Å²) in [6.45, 7) is 5.06. The predicted molar refractivity (Wildman–Crippen MR) is 71.7 cm³/mol. The van der Waals surface area contributed by atoms with Gasteiger partial charge in [0.15, 0.2) is 0 Å². The summed E-state index contributed by atoms with van der Waals surface area (Å²) in [6, 6.07) is 6.45. The van der Waals surface area contributed by atoms with Crippen molar-refractivity contribution in [3.05, 3.63) is 28.2 Å². The molecule has 0 spiro atoms. The summed E-state index contributed by atoms with van der Waals surface area (Å²) >= 11 is 3.57. The molecule has 2 rings (SSSR count). The lowest BCUT2D eigenvalue weighted by Crippen LogP contribution is -2.44. The number of rotatable bonds is 2. The Morgan fingerprint density at radius 1 is 1.25 bits per heavy atom. The number of hydrogen-bond acceptors (Lipinski definition) is 3. The van der Waals surface area contributed by atoms with Gasteiger partial charge in [-0.2, -0.15) is 0 Å². The van der Waals surface area contributed by atoms with E-state index in [-0.39, 0.29) is 0 Å². The number of nitrogens with zero attached hydrogens (tertiary/aromatic N) is 2. The molecule has 1 saturated heterocycles. The maximum Gasteiger partial charge on any atom is 0.0378 e. The van der Waals surface area contributed by atoms with Gasteiger partial charge in [-0.15, -0.1) is 0 Å². The van der Waals surface area contributed by atoms with Crippen molar-refractivity contribution in [2.24, 2.45) is 5.73 Å². The molecule has 0 saturated carbocycles. The molecular weight excluding hydrogens is 266 g/mol. The molecule has 4 heteroatoms. The smallest absolute Gasteiger partial charge is 0.0378 e. The normalized spacial score (nSPS) is 17.8. The molecule has 3 nitrogen and oxygen atoms in total. The molecule has 0 aromatic heterocycles. The standard InChI is InChI=1S/C12H18BrN3/c1-15-4-6-16(7-5-15)11-3-2-10(9-14)12(13)8-11/h2-3,8H,4-7,9,14H2,1H3. The number of piperazine rings is 1. The van der Waals surface area contributed by atoms with Crippen molar-refractivity contribution in [3.8, 4) is 0 Å². The maximum atomic E-state index is 5.65. The quantitative estimate of drug-likeness (QED) is 0.896. The first kappa shape index (κ1) is 11.9. The first-order chi connectivity index (χ1) is 7.70. The minimum absolute atomic E-state index is 0.587. The number of nitrogens with two attached hydrogens (primary N) is 1. The zero-order valence-electron chi connectivity index (χ0n) is 9.62. The second-order valence-corrected chi connectivity index (χ2v) is 5.12. The van der Waals surface area contributed by atoms with Crippen LogP contribution in [0.5, 0.6) is 0 Å². The van der Waals surface area contributed by atoms with E-state index in [2.05, 4.69) is 51.0 Å². The average Bonchev–Trinajstić information content (AvgIpc) is 2.30. The van der Waals surface area contributed by atoms with Crippen molar-refractivity contribution in [3.63, 3.8) is 0 Å². The zero-order valence-corrected chi connectivity index (χ0v) is 11.2. The molecule has 1 fully saturated rings. The fraction of sp³-hybridized carbons (Fsp3) is 0.500. The fourth-order valence-corrected chi connectivity index (χ4v) is 2.49. The van der Waals surface area contributed by atoms with Gasteiger partial charge in [-0.25, -0.2) is 0 Å². The highest BCUT2D eigenvalue weighted by Gasteiger charge is 2.14. The molecule has 0 amide bonds. The van der Waals surface area contributed by atoms with Crippen LogP contribution in [0.4, 0.5) is 5.69 Å². The third-order valence-corrected chi connectivity index (χ3v) is 3.86. The van der Waals surface area contributed by atoms with E-state index in [1.54, 1.807) is 0 Å². The SMILES string of the molecule is CN1CCN(c2ccc(CN)c(Br)c2)CC1. The Labute approximate surface area is 105 Å². The minimum Gasteiger partial charge on any atom is -0.369 e. The Kier molecular flexibility index (Phi) is 3.84. The largest absolute Gasteiger partial charge is 0.369 e. The number of likely N-dealkylation sites (N-methyl/N-ethyl adjacent to an activating group) is 1. The van der Waals surface area contributed by atoms with Gasteiger partial charge in [-0.1, -0.05) is 22.0 Å². The summed E-state index contributed by atoms with van der Waals surface area (Å²) in [7, 11) is 2.17. The molecule has 1 aliphatic heterocycles. The molecule has 16 heavy (non-hydrogen) atoms. The minimum atomic E-state index is 0.587. The summed E-state index contributed by atoms with van der Waals surface area (Å²) in [4.78, 5) is 4.78. The third-order valence-electron chi connectivity index (χ3n) is 3.12. The Morgan fingerprint density at radius 2 is 1.94 bits per heavy atom. The first-order valence-corrected chi connectivity index (χ1v) is 6.42. The maximum absolute atomic E-state index is 5.65. The van der Waals surface area contributed by atoms with E-state index in [4.69, 9.17) is 5.73 Å². The van der Waals surface area contributed by atoms with Gasteiger partial charge in [0.1, 0.15) is 0 Å². The Balaban J connectivity index is 2.12. The number of benzene rings is 1. The molecule has 0 aliphatic carbocycles. The zero-order chi connectivity index (χ0) is 11.5. The van der Waals surface area contributed by atoms with Gasteiger partial charge < -0.3 is 15.5 Å². The summed E-state index contributed by atoms with van der Waals surface area (Å²) < 4.78 is 1.12. The van der Waals surface area contributed by atoms with Crippen LogP contribution in [-0.2, 0) is 6.54 Å². The lowest BCUT2D eigenvalue weighted by molar-refractivity contribution is 0.313. The summed E-state index contributed by atoms with van der Waals surface area (Å²) in [5.41, 5.74) is 8.10. The van der Waals surface area contributed by atoms with Crippen molar-refractivity contribution in [2.75, 3.05) is 38.1 Å². The average molecular weight is 284 g/mol. The van der Waals surface area contributed by atoms with Crippen molar-refractivity contribution < 1.29 is 0 Å². The van der Waals surface area contributed by atoms with E-state index in [1.807, 2.05) is 0 Å². The molecule has 0 unspecified atom stereocenters. The van der Waals surface area contributed by atoms with Crippen LogP contribution >= 0.6 is 15.9 Å². The fourth-order valence-electron chi connectivity index (χ4n) is 1.96. The monoisotopic (exact) mass is 283 g/mol. The van der Waals surface area contributed by atoms with Gasteiger partial charge in [-0.3, -0.25) is 0 Å². The summed E-state index contributed by atoms with van der Waals surface area (Å²) in [5.74, 6) is 0. The van der Waals surface area contributed by atoms with Crippen molar-refractivity contribution in [1.29, 1.82) is 0 Å². The van der Waals surface area contributed by atoms with Crippen LogP contribution in [0.15, 0.2) is 22.7 Å². The Hall–Kier alpha value is -0.580. The molecule has 1 heterocycles. The highest BCUT2D eigenvalue weighted by molar-refractivity contribution is 9.10. The second kappa shape index (κ2) is 5.17. The molecule has 0 atom stereocenters. The molecule has 1 aliphatic rings. The van der Waals surface area contributed by atoms with Crippen LogP contribution < -0.4 is 10.6 Å². The topological polar surface area (TPSA) is 32.5 Å². The van der Waals surface area contributed by atoms with Crippen molar-refractivity contribution in [2.45, 2.75) is 6.54 Å². The number of hydrogen-bond donors (Lipinski definition) is 1. The molecule has 0 radical (unpaired) electrons. The number of anilines is 1. The van der Waals surface area contributed by atoms with Gasteiger partial charge in [0.05, 0.1) is 0 Å². The van der Waals surface area contributed by atoms with Crippen LogP contribution in [0.3, 0.4) is 0 Å². The van der Waals surface area contributed by atoms with Crippen LogP contribution in [0.25, 0.3) is 0 Å². The van der Waals surface area contributed by atoms with E-state index in [9.17, 15) is 0 Å². The van der Waals surface area contributed by atoms with E-state index in [0.29, 0.717) is 6.54 Å². The first-order valence-electron chi connectivity index (χ1n) is 5.62. The van der Waals surface area contributed by atoms with Crippen LogP contribution in [0, 0.1) is 0 Å². The molecule has 1 aromatic rings. The second-order valence-electron chi connectivity index (χ2n) is 4.27. The van der Waals surface area contributed by atoms with Gasteiger partial charge in [-0.05, 0) is 24.7 Å². The van der Waals surface area contributed by atoms with E-state index >= 15 is 0 Å². The molecular formula is C12H18BrN3. The highest BCUT2D eigenvalue weighted by Crippen LogP contribution is 2.24. The summed E-state index contributed by atoms with van der Waals surface area (Å²) in [6.07, 6.45) is 0. The lowest BCUT2D eigenvalue weighted by Gasteiger charge is -2.34. The van der Waals surface area contributed by atoms with Gasteiger partial charge in [0.25, 0.3) is 0 Å². The van der Waals surface area contributed by atoms with E-state index < -0.39 is 0 Å². The molecule has 1 aromatic carbocycles. The molecule has 88 valence electrons. The molecule has 2 N–H and O–H groups in total. The number of halogens is 1. The lowest BCUT2D eigenvalue weighted by atomic mass is 10.2. The van der Waals surface area contributed by atoms with Crippen LogP contribution in [-0.4, -0.2) is 38.1 Å². The van der Waals surface area contributed by atoms with Crippen LogP contribution in [0.2, 0.25) is 0 Å². The third kappa shape index (κ3) is 2.56. The molecule has 0 bridgehead atoms. The highest BCUT2D eigenvalue weighted by atomic mass is 79.9. The van der Waals surface area contributed by atoms with Crippen molar-refractivity contribution in [1.82, 2.24) is 4.90 Å². The van der Waals surface area contributed by atoms with Crippen molar-refractivity contribution >= 4 is 21.6 Å². The van der Waals surface area contributed by atoms with Gasteiger partial charge in [0.2, 0.25) is 0 Å². The summed E-state index contributed by atoms with van der Waals surface area (Å²) in [5, 5.41) is 0. The van der Waals surface area contributed by atoms with Gasteiger partial charge in [0, 0.05) is 42.9 Å². The predicted octanol–water partition coefficient (Wildman–Crippen LogP) is 1.66. The van der Waals surface area contributed by atoms with E-state index in [0.717, 1.165) is 36.2 Å². The van der Waals surface area contributed by atoms with Gasteiger partial charge >= 0.3 is 0 Å².